The molecule has 0 radical (unpaired) electrons. The molecule has 4 rings (SSSR count). The van der Waals surface area contributed by atoms with Gasteiger partial charge in [-0.2, -0.15) is 18.3 Å². The molecule has 9 nitrogen and oxygen atoms in total. The van der Waals surface area contributed by atoms with Crippen LogP contribution in [-0.4, -0.2) is 67.2 Å². The van der Waals surface area contributed by atoms with Crippen LogP contribution in [0.3, 0.4) is 0 Å². The third-order valence-electron chi connectivity index (χ3n) is 7.60. The molecule has 0 unspecified atom stereocenters. The Morgan fingerprint density at radius 1 is 1.12 bits per heavy atom. The predicted molar refractivity (Wildman–Crippen MR) is 139 cm³/mol. The highest BCUT2D eigenvalue weighted by atomic mass is 35.5. The van der Waals surface area contributed by atoms with Gasteiger partial charge in [0.2, 0.25) is 0 Å². The molecule has 1 amide bonds. The minimum atomic E-state index is -4.95. The van der Waals surface area contributed by atoms with Crippen LogP contribution >= 0.6 is 23.2 Å². The molecule has 2 fully saturated rings. The minimum absolute atomic E-state index is 0.0552. The predicted octanol–water partition coefficient (Wildman–Crippen LogP) is 5.70. The number of halogens is 5. The number of carbonyl (C=O) groups is 3. The fraction of sp³-hybridized carbons (Fsp3) is 0.577. The van der Waals surface area contributed by atoms with Crippen molar-refractivity contribution in [2.24, 2.45) is 5.41 Å². The van der Waals surface area contributed by atoms with Gasteiger partial charge in [-0.15, -0.1) is 0 Å². The number of Topliss-reactive ketones (excluding diaryl/α,β-unsaturated/α-hetero) is 1. The van der Waals surface area contributed by atoms with Gasteiger partial charge in [0.15, 0.2) is 11.5 Å². The van der Waals surface area contributed by atoms with Crippen LogP contribution < -0.4 is 0 Å². The zero-order valence-corrected chi connectivity index (χ0v) is 23.6. The molecule has 0 bridgehead atoms. The second kappa shape index (κ2) is 10.9. The fourth-order valence-electron chi connectivity index (χ4n) is 5.43. The van der Waals surface area contributed by atoms with E-state index in [1.807, 2.05) is 13.8 Å². The molecule has 1 N–H and O–H groups in total. The number of alkyl halides is 3. The van der Waals surface area contributed by atoms with Gasteiger partial charge in [-0.05, 0) is 46.5 Å². The highest BCUT2D eigenvalue weighted by molar-refractivity contribution is 6.39. The van der Waals surface area contributed by atoms with E-state index in [-0.39, 0.29) is 47.8 Å². The Kier molecular flexibility index (Phi) is 8.28. The molecule has 2 aromatic heterocycles. The van der Waals surface area contributed by atoms with E-state index in [1.54, 1.807) is 6.92 Å². The molecular weight excluding hydrogens is 576 g/mol. The van der Waals surface area contributed by atoms with Gasteiger partial charge in [0.1, 0.15) is 0 Å². The first kappa shape index (κ1) is 30.3. The summed E-state index contributed by atoms with van der Waals surface area (Å²) in [7, 11) is 0. The Balaban J connectivity index is 1.65. The zero-order chi connectivity index (χ0) is 29.6. The number of nitrogens with zero attached hydrogens (tertiary/aromatic N) is 4. The number of hydrogen-bond acceptors (Lipinski definition) is 6. The summed E-state index contributed by atoms with van der Waals surface area (Å²) in [6, 6.07) is -0.745. The quantitative estimate of drug-likeness (QED) is 0.384. The number of aliphatic carboxylic acids is 1. The molecule has 1 saturated heterocycles. The lowest BCUT2D eigenvalue weighted by molar-refractivity contribution is -0.187. The van der Waals surface area contributed by atoms with E-state index in [0.29, 0.717) is 6.42 Å². The molecular formula is C26H29Cl2F3N4O5. The van der Waals surface area contributed by atoms with Crippen molar-refractivity contribution in [1.82, 2.24) is 19.7 Å². The summed E-state index contributed by atoms with van der Waals surface area (Å²) in [6.07, 6.45) is -1.04. The minimum Gasteiger partial charge on any atom is -0.481 e. The Labute approximate surface area is 238 Å². The maximum absolute atomic E-state index is 14.4. The summed E-state index contributed by atoms with van der Waals surface area (Å²) in [6.45, 7) is 4.49. The van der Waals surface area contributed by atoms with Gasteiger partial charge in [-0.25, -0.2) is 0 Å². The lowest BCUT2D eigenvalue weighted by Gasteiger charge is -2.44. The van der Waals surface area contributed by atoms with Crippen LogP contribution in [0.25, 0.3) is 0 Å². The lowest BCUT2D eigenvalue weighted by atomic mass is 9.74. The smallest absolute Gasteiger partial charge is 0.433 e. The molecule has 2 aliphatic rings. The van der Waals surface area contributed by atoms with Gasteiger partial charge in [0, 0.05) is 25.4 Å². The number of hydrogen-bond donors (Lipinski definition) is 1. The third kappa shape index (κ3) is 6.13. The first-order chi connectivity index (χ1) is 18.5. The lowest BCUT2D eigenvalue weighted by Crippen LogP contribution is -2.53. The van der Waals surface area contributed by atoms with Crippen molar-refractivity contribution < 1.29 is 37.4 Å². The van der Waals surface area contributed by atoms with E-state index < -0.39 is 64.8 Å². The summed E-state index contributed by atoms with van der Waals surface area (Å²) in [4.78, 5) is 43.2. The number of amides is 1. The first-order valence-electron chi connectivity index (χ1n) is 12.7. The molecule has 14 heteroatoms. The molecule has 1 atom stereocenters. The molecule has 1 saturated carbocycles. The van der Waals surface area contributed by atoms with Crippen molar-refractivity contribution in [3.05, 3.63) is 45.5 Å². The number of ether oxygens (including phenoxy) is 1. The second-order valence-corrected chi connectivity index (χ2v) is 12.1. The normalized spacial score (nSPS) is 24.3. The number of pyridine rings is 1. The average Bonchev–Trinajstić information content (AvgIpc) is 3.28. The monoisotopic (exact) mass is 604 g/mol. The maximum Gasteiger partial charge on any atom is 0.433 e. The van der Waals surface area contributed by atoms with Crippen LogP contribution in [0.1, 0.15) is 85.3 Å². The van der Waals surface area contributed by atoms with Crippen molar-refractivity contribution in [3.8, 4) is 0 Å². The van der Waals surface area contributed by atoms with Gasteiger partial charge in [-0.1, -0.05) is 23.2 Å². The number of ketones is 1. The molecule has 2 aromatic rings. The fourth-order valence-corrected chi connectivity index (χ4v) is 6.01. The van der Waals surface area contributed by atoms with Crippen molar-refractivity contribution in [2.75, 3.05) is 13.1 Å². The highest BCUT2D eigenvalue weighted by Gasteiger charge is 2.46. The van der Waals surface area contributed by atoms with Gasteiger partial charge >= 0.3 is 12.1 Å². The molecule has 0 spiro atoms. The summed E-state index contributed by atoms with van der Waals surface area (Å²) < 4.78 is 49.8. The van der Waals surface area contributed by atoms with Gasteiger partial charge in [0.05, 0.1) is 57.1 Å². The molecule has 1 aliphatic heterocycles. The van der Waals surface area contributed by atoms with Crippen molar-refractivity contribution >= 4 is 40.9 Å². The van der Waals surface area contributed by atoms with Crippen LogP contribution in [0, 0.1) is 5.41 Å². The molecule has 40 heavy (non-hydrogen) atoms. The molecule has 1 aliphatic carbocycles. The second-order valence-electron chi connectivity index (χ2n) is 11.2. The molecule has 0 aromatic carbocycles. The molecule has 218 valence electrons. The Hall–Kier alpha value is -2.70. The third-order valence-corrected chi connectivity index (χ3v) is 8.17. The van der Waals surface area contributed by atoms with Crippen LogP contribution in [0.15, 0.2) is 18.6 Å². The van der Waals surface area contributed by atoms with Crippen LogP contribution in [0.4, 0.5) is 13.2 Å². The van der Waals surface area contributed by atoms with Gasteiger partial charge < -0.3 is 14.7 Å². The van der Waals surface area contributed by atoms with E-state index in [0.717, 1.165) is 15.8 Å². The SMILES string of the molecule is CC1(C)C[C@@H](CN(CC(=O)c2c(Cl)cncc2Cl)C(=O)c2cnn([C@H]3CC[C@](C)(C(=O)O)CC3)c2C(F)(F)F)O1. The number of carbonyl (C=O) groups excluding carboxylic acids is 2. The summed E-state index contributed by atoms with van der Waals surface area (Å²) >= 11 is 12.2. The van der Waals surface area contributed by atoms with Crippen LogP contribution in [0.5, 0.6) is 0 Å². The van der Waals surface area contributed by atoms with Gasteiger partial charge in [-0.3, -0.25) is 24.0 Å². The molecule has 3 heterocycles. The van der Waals surface area contributed by atoms with Crippen molar-refractivity contribution in [2.45, 2.75) is 76.8 Å². The topological polar surface area (TPSA) is 115 Å². The standard InChI is InChI=1S/C26H29Cl2F3N4O5/c1-24(2)8-15(40-24)12-34(13-19(36)20-17(27)10-32-11-18(20)28)22(37)16-9-33-35(21(16)26(29,30)31)14-4-6-25(3,7-5-14)23(38)39/h9-11,14-15H,4-8,12-13H2,1-3H3,(H,38,39)/t14-,15-,25-/m0/s1. The number of rotatable bonds is 8. The Morgan fingerprint density at radius 2 is 1.70 bits per heavy atom. The Morgan fingerprint density at radius 3 is 2.20 bits per heavy atom. The zero-order valence-electron chi connectivity index (χ0n) is 22.1. The average molecular weight is 605 g/mol. The number of carboxylic acids is 1. The summed E-state index contributed by atoms with van der Waals surface area (Å²) in [5.74, 6) is -2.73. The van der Waals surface area contributed by atoms with Crippen molar-refractivity contribution in [1.29, 1.82) is 0 Å². The largest absolute Gasteiger partial charge is 0.481 e. The van der Waals surface area contributed by atoms with Crippen LogP contribution in [-0.2, 0) is 15.7 Å². The van der Waals surface area contributed by atoms with Gasteiger partial charge in [0.25, 0.3) is 5.91 Å². The van der Waals surface area contributed by atoms with Crippen LogP contribution in [0.2, 0.25) is 10.0 Å². The number of aromatic nitrogens is 3. The van der Waals surface area contributed by atoms with E-state index in [2.05, 4.69) is 10.1 Å². The van der Waals surface area contributed by atoms with E-state index in [4.69, 9.17) is 27.9 Å². The number of carboxylic acid groups (broad SMARTS) is 1. The van der Waals surface area contributed by atoms with E-state index in [1.165, 1.54) is 12.4 Å². The highest BCUT2D eigenvalue weighted by Crippen LogP contribution is 2.43. The first-order valence-corrected chi connectivity index (χ1v) is 13.5. The van der Waals surface area contributed by atoms with E-state index >= 15 is 0 Å². The Bertz CT molecular complexity index is 1290. The maximum atomic E-state index is 14.4. The summed E-state index contributed by atoms with van der Waals surface area (Å²) in [5.41, 5.74) is -3.55. The van der Waals surface area contributed by atoms with E-state index in [9.17, 15) is 32.7 Å². The summed E-state index contributed by atoms with van der Waals surface area (Å²) in [5, 5.41) is 13.3. The van der Waals surface area contributed by atoms with Crippen molar-refractivity contribution in [3.63, 3.8) is 0 Å².